The van der Waals surface area contributed by atoms with Crippen molar-refractivity contribution >= 4 is 23.7 Å². The van der Waals surface area contributed by atoms with Crippen LogP contribution in [0.25, 0.3) is 0 Å². The number of carboxylic acids is 3. The van der Waals surface area contributed by atoms with E-state index < -0.39 is 54.4 Å². The van der Waals surface area contributed by atoms with Crippen LogP contribution in [0.15, 0.2) is 30.3 Å². The molecule has 3 unspecified atom stereocenters. The van der Waals surface area contributed by atoms with E-state index in [9.17, 15) is 24.3 Å². The fourth-order valence-corrected chi connectivity index (χ4v) is 2.46. The fraction of sp³-hybridized carbons (Fsp3) is 0.375. The summed E-state index contributed by atoms with van der Waals surface area (Å²) in [5, 5.41) is 27.1. The Bertz CT molecular complexity index is 614. The molecule has 0 saturated carbocycles. The molecule has 0 bridgehead atoms. The third-order valence-corrected chi connectivity index (χ3v) is 3.65. The molecule has 0 amide bonds. The van der Waals surface area contributed by atoms with E-state index in [1.54, 1.807) is 30.3 Å². The Morgan fingerprint density at radius 1 is 0.917 bits per heavy atom. The highest BCUT2D eigenvalue weighted by atomic mass is 16.4. The van der Waals surface area contributed by atoms with Crippen LogP contribution in [0.2, 0.25) is 0 Å². The smallest absolute Gasteiger partial charge is 0.320 e. The van der Waals surface area contributed by atoms with E-state index in [2.05, 4.69) is 0 Å². The van der Waals surface area contributed by atoms with Crippen LogP contribution < -0.4 is 5.73 Å². The molecule has 3 atom stereocenters. The maximum atomic E-state index is 12.2. The van der Waals surface area contributed by atoms with Gasteiger partial charge in [-0.3, -0.25) is 19.2 Å². The minimum Gasteiger partial charge on any atom is -0.481 e. The number of carboxylic acid groups (broad SMARTS) is 3. The Labute approximate surface area is 137 Å². The number of aliphatic carboxylic acids is 3. The minimum absolute atomic E-state index is 0.255. The number of nitrogens with two attached hydrogens (primary N) is 1. The maximum absolute atomic E-state index is 12.2. The standard InChI is InChI=1S/C16H19NO7/c17-11(15(21)22)8-10(9-4-2-1-3-5-9)14(16(23)24)12(18)6-7-13(19)20/h1-5,10-11,14H,6-8,17H2,(H,19,20)(H,21,22)(H,23,24). The van der Waals surface area contributed by atoms with Gasteiger partial charge in [0.15, 0.2) is 0 Å². The lowest BCUT2D eigenvalue weighted by molar-refractivity contribution is -0.149. The predicted octanol–water partition coefficient (Wildman–Crippen LogP) is 0.707. The molecule has 1 aromatic carbocycles. The van der Waals surface area contributed by atoms with Gasteiger partial charge in [0.25, 0.3) is 0 Å². The summed E-state index contributed by atoms with van der Waals surface area (Å²) in [7, 11) is 0. The highest BCUT2D eigenvalue weighted by molar-refractivity contribution is 6.00. The van der Waals surface area contributed by atoms with Crippen molar-refractivity contribution in [3.8, 4) is 0 Å². The van der Waals surface area contributed by atoms with E-state index in [1.807, 2.05) is 0 Å². The van der Waals surface area contributed by atoms with Crippen LogP contribution in [0.4, 0.5) is 0 Å². The number of rotatable bonds is 10. The van der Waals surface area contributed by atoms with Gasteiger partial charge >= 0.3 is 17.9 Å². The molecule has 0 fully saturated rings. The molecule has 130 valence electrons. The van der Waals surface area contributed by atoms with Gasteiger partial charge < -0.3 is 21.1 Å². The third kappa shape index (κ3) is 5.47. The Morgan fingerprint density at radius 2 is 1.50 bits per heavy atom. The first-order valence-corrected chi connectivity index (χ1v) is 7.24. The lowest BCUT2D eigenvalue weighted by Gasteiger charge is -2.25. The van der Waals surface area contributed by atoms with E-state index in [4.69, 9.17) is 15.9 Å². The van der Waals surface area contributed by atoms with Crippen LogP contribution in [-0.4, -0.2) is 45.1 Å². The van der Waals surface area contributed by atoms with Gasteiger partial charge in [0.1, 0.15) is 17.7 Å². The van der Waals surface area contributed by atoms with Gasteiger partial charge in [-0.25, -0.2) is 0 Å². The van der Waals surface area contributed by atoms with E-state index in [1.165, 1.54) is 0 Å². The lowest BCUT2D eigenvalue weighted by Crippen LogP contribution is -2.37. The first kappa shape index (κ1) is 19.3. The molecule has 0 heterocycles. The Morgan fingerprint density at radius 3 is 1.96 bits per heavy atom. The van der Waals surface area contributed by atoms with Gasteiger partial charge in [-0.05, 0) is 12.0 Å². The maximum Gasteiger partial charge on any atom is 0.320 e. The Hall–Kier alpha value is -2.74. The summed E-state index contributed by atoms with van der Waals surface area (Å²) in [6.07, 6.45) is -1.19. The van der Waals surface area contributed by atoms with Crippen LogP contribution in [0.3, 0.4) is 0 Å². The summed E-state index contributed by atoms with van der Waals surface area (Å²) < 4.78 is 0. The molecule has 0 aliphatic heterocycles. The summed E-state index contributed by atoms with van der Waals surface area (Å²) in [6, 6.07) is 6.79. The van der Waals surface area contributed by atoms with E-state index >= 15 is 0 Å². The minimum atomic E-state index is -1.56. The summed E-state index contributed by atoms with van der Waals surface area (Å²) in [5.74, 6) is -7.24. The molecule has 0 aliphatic rings. The Kier molecular flexibility index (Phi) is 7.06. The second-order valence-corrected chi connectivity index (χ2v) is 5.37. The van der Waals surface area contributed by atoms with E-state index in [0.29, 0.717) is 5.56 Å². The quantitative estimate of drug-likeness (QED) is 0.455. The van der Waals surface area contributed by atoms with Crippen LogP contribution in [0.5, 0.6) is 0 Å². The summed E-state index contributed by atoms with van der Waals surface area (Å²) in [6.45, 7) is 0. The fourth-order valence-electron chi connectivity index (χ4n) is 2.46. The molecule has 0 aliphatic carbocycles. The molecule has 0 spiro atoms. The number of benzene rings is 1. The molecule has 8 heteroatoms. The zero-order chi connectivity index (χ0) is 18.3. The summed E-state index contributed by atoms with van der Waals surface area (Å²) >= 11 is 0. The molecule has 5 N–H and O–H groups in total. The lowest BCUT2D eigenvalue weighted by atomic mass is 9.78. The van der Waals surface area contributed by atoms with E-state index in [0.717, 1.165) is 0 Å². The highest BCUT2D eigenvalue weighted by Gasteiger charge is 2.37. The van der Waals surface area contributed by atoms with Crippen molar-refractivity contribution < 1.29 is 34.5 Å². The van der Waals surface area contributed by atoms with Crippen molar-refractivity contribution in [2.24, 2.45) is 11.7 Å². The van der Waals surface area contributed by atoms with Crippen LogP contribution in [-0.2, 0) is 19.2 Å². The molecule has 1 aromatic rings. The second kappa shape index (κ2) is 8.78. The summed E-state index contributed by atoms with van der Waals surface area (Å²) in [5.41, 5.74) is 5.98. The number of ketones is 1. The molecule has 0 saturated heterocycles. The number of Topliss-reactive ketones (excluding diaryl/α,β-unsaturated/α-hetero) is 1. The molecule has 0 aromatic heterocycles. The van der Waals surface area contributed by atoms with Crippen molar-refractivity contribution in [1.29, 1.82) is 0 Å². The van der Waals surface area contributed by atoms with Crippen molar-refractivity contribution in [3.05, 3.63) is 35.9 Å². The van der Waals surface area contributed by atoms with E-state index in [-0.39, 0.29) is 6.42 Å². The van der Waals surface area contributed by atoms with Gasteiger partial charge in [0.2, 0.25) is 0 Å². The van der Waals surface area contributed by atoms with Crippen molar-refractivity contribution in [2.45, 2.75) is 31.2 Å². The largest absolute Gasteiger partial charge is 0.481 e. The number of hydrogen-bond acceptors (Lipinski definition) is 5. The van der Waals surface area contributed by atoms with Crippen molar-refractivity contribution in [3.63, 3.8) is 0 Å². The van der Waals surface area contributed by atoms with Crippen LogP contribution in [0, 0.1) is 5.92 Å². The highest BCUT2D eigenvalue weighted by Crippen LogP contribution is 2.31. The monoisotopic (exact) mass is 337 g/mol. The van der Waals surface area contributed by atoms with Gasteiger partial charge in [0, 0.05) is 12.3 Å². The molecule has 1 rings (SSSR count). The van der Waals surface area contributed by atoms with Gasteiger partial charge in [-0.2, -0.15) is 0 Å². The van der Waals surface area contributed by atoms with Crippen molar-refractivity contribution in [1.82, 2.24) is 0 Å². The average molecular weight is 337 g/mol. The number of carbonyl (C=O) groups excluding carboxylic acids is 1. The number of hydrogen-bond donors (Lipinski definition) is 4. The second-order valence-electron chi connectivity index (χ2n) is 5.37. The molecule has 0 radical (unpaired) electrons. The first-order valence-electron chi connectivity index (χ1n) is 7.24. The molecular formula is C16H19NO7. The number of carbonyl (C=O) groups is 4. The third-order valence-electron chi connectivity index (χ3n) is 3.65. The average Bonchev–Trinajstić information content (AvgIpc) is 2.52. The molecular weight excluding hydrogens is 318 g/mol. The predicted molar refractivity (Wildman–Crippen MR) is 82.4 cm³/mol. The summed E-state index contributed by atoms with van der Waals surface area (Å²) in [4.78, 5) is 45.4. The SMILES string of the molecule is NC(CC(c1ccccc1)C(C(=O)O)C(=O)CCC(=O)O)C(=O)O. The zero-order valence-corrected chi connectivity index (χ0v) is 12.8. The normalized spacial score (nSPS) is 14.4. The topological polar surface area (TPSA) is 155 Å². The molecule has 8 nitrogen and oxygen atoms in total. The first-order chi connectivity index (χ1) is 11.2. The van der Waals surface area contributed by atoms with Gasteiger partial charge in [-0.15, -0.1) is 0 Å². The van der Waals surface area contributed by atoms with Crippen LogP contribution >= 0.6 is 0 Å². The van der Waals surface area contributed by atoms with Gasteiger partial charge in [-0.1, -0.05) is 30.3 Å². The molecule has 24 heavy (non-hydrogen) atoms. The van der Waals surface area contributed by atoms with Gasteiger partial charge in [0.05, 0.1) is 6.42 Å². The van der Waals surface area contributed by atoms with Crippen LogP contribution in [0.1, 0.15) is 30.7 Å². The Balaban J connectivity index is 3.16. The zero-order valence-electron chi connectivity index (χ0n) is 12.8. The van der Waals surface area contributed by atoms with Crippen molar-refractivity contribution in [2.75, 3.05) is 0 Å².